The second-order valence-electron chi connectivity index (χ2n) is 6.63. The largest absolute Gasteiger partial charge is 0.396 e. The van der Waals surface area contributed by atoms with E-state index in [-0.39, 0.29) is 17.6 Å². The minimum atomic E-state index is -0.795. The van der Waals surface area contributed by atoms with Gasteiger partial charge in [-0.05, 0) is 59.7 Å². The molecule has 0 unspecified atom stereocenters. The van der Waals surface area contributed by atoms with Crippen LogP contribution < -0.4 is 11.5 Å². The number of anilines is 1. The van der Waals surface area contributed by atoms with Gasteiger partial charge in [-0.2, -0.15) is 0 Å². The maximum absolute atomic E-state index is 13.5. The summed E-state index contributed by atoms with van der Waals surface area (Å²) in [6, 6.07) is 6.66. The molecule has 0 saturated carbocycles. The van der Waals surface area contributed by atoms with Crippen LogP contribution in [0.15, 0.2) is 41.9 Å². The summed E-state index contributed by atoms with van der Waals surface area (Å²) in [6.07, 6.45) is 2.22. The lowest BCUT2D eigenvalue weighted by atomic mass is 9.80. The smallest absolute Gasteiger partial charge is 0.235 e. The quantitative estimate of drug-likeness (QED) is 0.381. The predicted octanol–water partition coefficient (Wildman–Crippen LogP) is 3.94. The number of carbonyl (C=O) groups is 1. The molecule has 0 fully saturated rings. The molecule has 0 radical (unpaired) electrons. The van der Waals surface area contributed by atoms with Gasteiger partial charge < -0.3 is 11.5 Å². The Bertz CT molecular complexity index is 957. The number of nitrogens with zero attached hydrogens (tertiary/aromatic N) is 2. The van der Waals surface area contributed by atoms with E-state index in [1.54, 1.807) is 36.6 Å². The molecule has 0 aliphatic carbocycles. The lowest BCUT2D eigenvalue weighted by Crippen LogP contribution is -2.53. The number of thiophene rings is 1. The van der Waals surface area contributed by atoms with Crippen molar-refractivity contribution in [3.05, 3.63) is 50.5 Å². The third-order valence-electron chi connectivity index (χ3n) is 4.89. The SMILES string of the molecule is C=CC[C@H]1C(=O)N(C)C(N)=N[C@]1(C)c1cc(-c2ccc(F)c(N)c2)c(I)s1. The topological polar surface area (TPSA) is 84.7 Å². The summed E-state index contributed by atoms with van der Waals surface area (Å²) in [5, 5.41) is 0. The Kier molecular flexibility index (Phi) is 5.31. The maximum atomic E-state index is 13.5. The first-order valence-corrected chi connectivity index (χ1v) is 10.2. The molecule has 1 aliphatic heterocycles. The van der Waals surface area contributed by atoms with E-state index < -0.39 is 17.3 Å². The van der Waals surface area contributed by atoms with Gasteiger partial charge in [0.2, 0.25) is 5.91 Å². The molecule has 2 aromatic rings. The van der Waals surface area contributed by atoms with Gasteiger partial charge in [-0.3, -0.25) is 9.69 Å². The Morgan fingerprint density at radius 3 is 2.78 bits per heavy atom. The number of hydrogen-bond donors (Lipinski definition) is 2. The lowest BCUT2D eigenvalue weighted by molar-refractivity contribution is -0.133. The van der Waals surface area contributed by atoms with Crippen LogP contribution in [0.2, 0.25) is 0 Å². The zero-order valence-electron chi connectivity index (χ0n) is 15.0. The molecule has 142 valence electrons. The fourth-order valence-corrected chi connectivity index (χ4v) is 5.46. The number of rotatable bonds is 4. The first-order chi connectivity index (χ1) is 12.7. The number of amides is 1. The highest BCUT2D eigenvalue weighted by molar-refractivity contribution is 14.1. The molecule has 0 bridgehead atoms. The molecule has 27 heavy (non-hydrogen) atoms. The summed E-state index contributed by atoms with van der Waals surface area (Å²) >= 11 is 3.78. The molecule has 2 atom stereocenters. The highest BCUT2D eigenvalue weighted by atomic mass is 127. The normalized spacial score (nSPS) is 22.7. The molecule has 0 spiro atoms. The number of nitrogen functional groups attached to an aromatic ring is 1. The summed E-state index contributed by atoms with van der Waals surface area (Å²) in [6.45, 7) is 5.70. The highest BCUT2D eigenvalue weighted by Crippen LogP contribution is 2.46. The van der Waals surface area contributed by atoms with Crippen molar-refractivity contribution in [1.82, 2.24) is 4.90 Å². The molecule has 1 amide bonds. The van der Waals surface area contributed by atoms with Crippen LogP contribution in [0.4, 0.5) is 10.1 Å². The van der Waals surface area contributed by atoms with E-state index >= 15 is 0 Å². The van der Waals surface area contributed by atoms with Crippen molar-refractivity contribution in [1.29, 1.82) is 0 Å². The number of hydrogen-bond acceptors (Lipinski definition) is 5. The Labute approximate surface area is 175 Å². The van der Waals surface area contributed by atoms with Gasteiger partial charge in [-0.15, -0.1) is 17.9 Å². The number of aliphatic imine (C=N–C) groups is 1. The number of benzene rings is 1. The van der Waals surface area contributed by atoms with Gasteiger partial charge in [0.25, 0.3) is 0 Å². The van der Waals surface area contributed by atoms with E-state index in [1.165, 1.54) is 11.0 Å². The minimum Gasteiger partial charge on any atom is -0.396 e. The Morgan fingerprint density at radius 2 is 2.15 bits per heavy atom. The average molecular weight is 498 g/mol. The average Bonchev–Trinajstić information content (AvgIpc) is 3.02. The van der Waals surface area contributed by atoms with Crippen LogP contribution in [0.5, 0.6) is 0 Å². The van der Waals surface area contributed by atoms with Gasteiger partial charge in [0, 0.05) is 17.5 Å². The number of allylic oxidation sites excluding steroid dienone is 1. The van der Waals surface area contributed by atoms with Crippen molar-refractivity contribution in [2.45, 2.75) is 18.9 Å². The number of nitrogens with two attached hydrogens (primary N) is 2. The van der Waals surface area contributed by atoms with Crippen LogP contribution in [-0.2, 0) is 10.3 Å². The van der Waals surface area contributed by atoms with Crippen molar-refractivity contribution in [3.63, 3.8) is 0 Å². The monoisotopic (exact) mass is 498 g/mol. The van der Waals surface area contributed by atoms with Crippen LogP contribution in [0.3, 0.4) is 0 Å². The van der Waals surface area contributed by atoms with E-state index in [0.717, 1.165) is 18.9 Å². The third-order valence-corrected chi connectivity index (χ3v) is 7.28. The van der Waals surface area contributed by atoms with Crippen molar-refractivity contribution >= 4 is 51.5 Å². The van der Waals surface area contributed by atoms with E-state index in [1.807, 2.05) is 13.0 Å². The first kappa shape index (κ1) is 19.8. The van der Waals surface area contributed by atoms with Gasteiger partial charge in [0.1, 0.15) is 11.4 Å². The number of carbonyl (C=O) groups excluding carboxylic acids is 1. The van der Waals surface area contributed by atoms with Crippen LogP contribution in [-0.4, -0.2) is 23.8 Å². The van der Waals surface area contributed by atoms with E-state index in [0.29, 0.717) is 6.42 Å². The molecule has 2 heterocycles. The summed E-state index contributed by atoms with van der Waals surface area (Å²) in [5.41, 5.74) is 12.8. The van der Waals surface area contributed by atoms with Crippen LogP contribution in [0, 0.1) is 14.6 Å². The van der Waals surface area contributed by atoms with E-state index in [9.17, 15) is 9.18 Å². The predicted molar refractivity (Wildman–Crippen MR) is 117 cm³/mol. The second-order valence-corrected chi connectivity index (χ2v) is 9.49. The zero-order valence-corrected chi connectivity index (χ0v) is 18.0. The molecule has 4 N–H and O–H groups in total. The fraction of sp³-hybridized carbons (Fsp3) is 0.263. The van der Waals surface area contributed by atoms with Crippen LogP contribution >= 0.6 is 33.9 Å². The zero-order chi connectivity index (χ0) is 19.9. The fourth-order valence-electron chi connectivity index (χ4n) is 3.23. The summed E-state index contributed by atoms with van der Waals surface area (Å²) in [7, 11) is 1.63. The molecular formula is C19H20FIN4OS. The Morgan fingerprint density at radius 1 is 1.44 bits per heavy atom. The second kappa shape index (κ2) is 7.23. The van der Waals surface area contributed by atoms with Gasteiger partial charge in [0.05, 0.1) is 14.5 Å². The van der Waals surface area contributed by atoms with E-state index in [4.69, 9.17) is 11.5 Å². The molecule has 3 rings (SSSR count). The lowest BCUT2D eigenvalue weighted by Gasteiger charge is -2.39. The van der Waals surface area contributed by atoms with Crippen molar-refractivity contribution in [3.8, 4) is 11.1 Å². The van der Waals surface area contributed by atoms with Crippen molar-refractivity contribution in [2.75, 3.05) is 12.8 Å². The van der Waals surface area contributed by atoms with Gasteiger partial charge in [-0.1, -0.05) is 12.1 Å². The molecule has 1 aromatic heterocycles. The number of guanidine groups is 1. The van der Waals surface area contributed by atoms with Crippen LogP contribution in [0.1, 0.15) is 18.2 Å². The summed E-state index contributed by atoms with van der Waals surface area (Å²) in [4.78, 5) is 19.8. The summed E-state index contributed by atoms with van der Waals surface area (Å²) < 4.78 is 14.5. The molecule has 8 heteroatoms. The van der Waals surface area contributed by atoms with Gasteiger partial charge in [-0.25, -0.2) is 9.38 Å². The third kappa shape index (κ3) is 3.36. The Balaban J connectivity index is 2.13. The number of halogens is 2. The van der Waals surface area contributed by atoms with E-state index in [2.05, 4.69) is 34.2 Å². The van der Waals surface area contributed by atoms with Crippen molar-refractivity contribution in [2.24, 2.45) is 16.6 Å². The maximum Gasteiger partial charge on any atom is 0.235 e. The molecular weight excluding hydrogens is 478 g/mol. The Hall–Kier alpha value is -1.94. The minimum absolute atomic E-state index is 0.0825. The molecule has 1 aliphatic rings. The van der Waals surface area contributed by atoms with Gasteiger partial charge >= 0.3 is 0 Å². The first-order valence-electron chi connectivity index (χ1n) is 8.28. The molecule has 5 nitrogen and oxygen atoms in total. The van der Waals surface area contributed by atoms with Crippen molar-refractivity contribution < 1.29 is 9.18 Å². The summed E-state index contributed by atoms with van der Waals surface area (Å²) in [5.74, 6) is -0.729. The molecule has 1 aromatic carbocycles. The molecule has 0 saturated heterocycles. The van der Waals surface area contributed by atoms with Gasteiger partial charge in [0.15, 0.2) is 5.96 Å². The standard InChI is InChI=1S/C19H20FIN4OS/c1-4-5-12-17(26)25(3)18(23)24-19(12,2)15-9-11(16(21)27-15)10-6-7-13(20)14(22)8-10/h4,6-9,12H,1,5,22H2,2-3H3,(H2,23,24)/t12-,19-/m0/s1. The van der Waals surface area contributed by atoms with Crippen LogP contribution in [0.25, 0.3) is 11.1 Å². The highest BCUT2D eigenvalue weighted by Gasteiger charge is 2.46.